The quantitative estimate of drug-likeness (QED) is 0.738. The van der Waals surface area contributed by atoms with Crippen molar-refractivity contribution in [1.82, 2.24) is 10.2 Å². The maximum Gasteiger partial charge on any atom is 0.155 e. The van der Waals surface area contributed by atoms with E-state index >= 15 is 0 Å². The lowest BCUT2D eigenvalue weighted by Crippen LogP contribution is -1.91. The van der Waals surface area contributed by atoms with Crippen LogP contribution in [0.25, 0.3) is 0 Å². The number of hydrogen-bond donors (Lipinski definition) is 0. The first-order valence-electron chi connectivity index (χ1n) is 3.28. The van der Waals surface area contributed by atoms with E-state index in [4.69, 9.17) is 28.5 Å². The molecule has 0 atom stereocenters. The Morgan fingerprint density at radius 3 is 2.83 bits per heavy atom. The molecular weight excluding hydrogens is 197 g/mol. The molecule has 1 aromatic rings. The van der Waals surface area contributed by atoms with Crippen LogP contribution in [0.15, 0.2) is 6.07 Å². The van der Waals surface area contributed by atoms with Crippen LogP contribution in [0.1, 0.15) is 12.0 Å². The molecule has 1 aromatic heterocycles. The zero-order chi connectivity index (χ0) is 8.97. The summed E-state index contributed by atoms with van der Waals surface area (Å²) in [5.74, 6) is 0. The van der Waals surface area contributed by atoms with Crippen LogP contribution in [-0.4, -0.2) is 10.2 Å². The Hall–Kier alpha value is -0.850. The molecule has 12 heavy (non-hydrogen) atoms. The van der Waals surface area contributed by atoms with E-state index in [1.165, 1.54) is 0 Å². The van der Waals surface area contributed by atoms with Crippen molar-refractivity contribution in [3.63, 3.8) is 0 Å². The number of nitrogens with zero attached hydrogens (tertiary/aromatic N) is 3. The smallest absolute Gasteiger partial charge is 0.155 e. The van der Waals surface area contributed by atoms with Gasteiger partial charge in [-0.05, 0) is 18.1 Å². The van der Waals surface area contributed by atoms with Gasteiger partial charge in [0.05, 0.1) is 6.07 Å². The van der Waals surface area contributed by atoms with Crippen molar-refractivity contribution in [1.29, 1.82) is 5.26 Å². The summed E-state index contributed by atoms with van der Waals surface area (Å²) in [6.45, 7) is 0. The van der Waals surface area contributed by atoms with Gasteiger partial charge in [0.2, 0.25) is 0 Å². The molecule has 0 aliphatic heterocycles. The molecule has 0 bridgehead atoms. The summed E-state index contributed by atoms with van der Waals surface area (Å²) < 4.78 is 0. The van der Waals surface area contributed by atoms with Gasteiger partial charge in [-0.25, -0.2) is 0 Å². The van der Waals surface area contributed by atoms with Crippen LogP contribution in [0.5, 0.6) is 0 Å². The molecule has 1 rings (SSSR count). The Morgan fingerprint density at radius 1 is 1.42 bits per heavy atom. The number of halogens is 2. The Morgan fingerprint density at radius 2 is 2.17 bits per heavy atom. The van der Waals surface area contributed by atoms with Gasteiger partial charge in [0.15, 0.2) is 10.3 Å². The highest BCUT2D eigenvalue weighted by atomic mass is 35.5. The average molecular weight is 202 g/mol. The van der Waals surface area contributed by atoms with Gasteiger partial charge < -0.3 is 0 Å². The lowest BCUT2D eigenvalue weighted by molar-refractivity contribution is 0.946. The lowest BCUT2D eigenvalue weighted by Gasteiger charge is -1.98. The number of aryl methyl sites for hydroxylation is 1. The fraction of sp³-hybridized carbons (Fsp3) is 0.286. The Kier molecular flexibility index (Phi) is 3.27. The maximum absolute atomic E-state index is 8.33. The minimum atomic E-state index is 0.298. The monoisotopic (exact) mass is 201 g/mol. The van der Waals surface area contributed by atoms with Crippen molar-refractivity contribution >= 4 is 23.2 Å². The fourth-order valence-corrected chi connectivity index (χ4v) is 1.11. The largest absolute Gasteiger partial charge is 0.198 e. The molecule has 0 fully saturated rings. The van der Waals surface area contributed by atoms with Crippen molar-refractivity contribution in [3.05, 3.63) is 21.9 Å². The van der Waals surface area contributed by atoms with Gasteiger partial charge in [-0.1, -0.05) is 23.2 Å². The van der Waals surface area contributed by atoms with Crippen LogP contribution in [0, 0.1) is 11.3 Å². The van der Waals surface area contributed by atoms with Crippen molar-refractivity contribution in [2.45, 2.75) is 12.8 Å². The van der Waals surface area contributed by atoms with Crippen molar-refractivity contribution in [2.75, 3.05) is 0 Å². The highest BCUT2D eigenvalue weighted by Gasteiger charge is 2.02. The van der Waals surface area contributed by atoms with E-state index in [1.54, 1.807) is 6.07 Å². The van der Waals surface area contributed by atoms with Crippen LogP contribution < -0.4 is 0 Å². The third-order valence-electron chi connectivity index (χ3n) is 1.30. The third kappa shape index (κ3) is 2.33. The molecule has 0 aliphatic carbocycles. The molecule has 3 nitrogen and oxygen atoms in total. The topological polar surface area (TPSA) is 49.6 Å². The van der Waals surface area contributed by atoms with Gasteiger partial charge in [-0.3, -0.25) is 0 Å². The molecule has 0 unspecified atom stereocenters. The first kappa shape index (κ1) is 9.24. The van der Waals surface area contributed by atoms with Crippen LogP contribution in [0.4, 0.5) is 0 Å². The van der Waals surface area contributed by atoms with E-state index in [0.29, 0.717) is 23.1 Å². The predicted octanol–water partition coefficient (Wildman–Crippen LogP) is 2.24. The minimum absolute atomic E-state index is 0.298. The second kappa shape index (κ2) is 4.24. The fourth-order valence-electron chi connectivity index (χ4n) is 0.754. The predicted molar refractivity (Wildman–Crippen MR) is 46.0 cm³/mol. The first-order chi connectivity index (χ1) is 5.74. The van der Waals surface area contributed by atoms with Gasteiger partial charge in [-0.2, -0.15) is 5.26 Å². The molecule has 62 valence electrons. The highest BCUT2D eigenvalue weighted by Crippen LogP contribution is 2.16. The van der Waals surface area contributed by atoms with Crippen LogP contribution in [-0.2, 0) is 6.42 Å². The Labute approximate surface area is 79.9 Å². The molecule has 0 aliphatic rings. The number of nitriles is 1. The third-order valence-corrected chi connectivity index (χ3v) is 1.80. The normalized spacial score (nSPS) is 9.42. The van der Waals surface area contributed by atoms with E-state index in [1.807, 2.05) is 6.07 Å². The van der Waals surface area contributed by atoms with Crippen LogP contribution >= 0.6 is 23.2 Å². The molecule has 0 spiro atoms. The molecule has 1 heterocycles. The van der Waals surface area contributed by atoms with Crippen LogP contribution in [0.3, 0.4) is 0 Å². The van der Waals surface area contributed by atoms with E-state index < -0.39 is 0 Å². The summed E-state index contributed by atoms with van der Waals surface area (Å²) in [6.07, 6.45) is 0.965. The van der Waals surface area contributed by atoms with Gasteiger partial charge in [0.1, 0.15) is 0 Å². The summed E-state index contributed by atoms with van der Waals surface area (Å²) in [5, 5.41) is 16.1. The number of rotatable bonds is 2. The van der Waals surface area contributed by atoms with Crippen molar-refractivity contribution < 1.29 is 0 Å². The second-order valence-electron chi connectivity index (χ2n) is 2.14. The highest BCUT2D eigenvalue weighted by molar-refractivity contribution is 6.31. The van der Waals surface area contributed by atoms with Crippen LogP contribution in [0.2, 0.25) is 10.3 Å². The molecule has 0 saturated carbocycles. The molecule has 0 N–H and O–H groups in total. The summed E-state index contributed by atoms with van der Waals surface area (Å²) in [5.41, 5.74) is 0.762. The van der Waals surface area contributed by atoms with E-state index in [0.717, 1.165) is 5.56 Å². The average Bonchev–Trinajstić information content (AvgIpc) is 2.07. The Bertz CT molecular complexity index is 319. The Balaban J connectivity index is 2.84. The maximum atomic E-state index is 8.33. The summed E-state index contributed by atoms with van der Waals surface area (Å²) in [6, 6.07) is 3.63. The van der Waals surface area contributed by atoms with Gasteiger partial charge in [-0.15, -0.1) is 10.2 Å². The standard InChI is InChI=1S/C7H5Cl2N3/c8-6-4-5(2-1-3-10)7(9)12-11-6/h4H,1-2H2. The zero-order valence-electron chi connectivity index (χ0n) is 6.09. The molecule has 0 amide bonds. The summed E-state index contributed by atoms with van der Waals surface area (Å²) in [4.78, 5) is 0. The summed E-state index contributed by atoms with van der Waals surface area (Å²) >= 11 is 11.3. The number of aromatic nitrogens is 2. The van der Waals surface area contributed by atoms with Gasteiger partial charge >= 0.3 is 0 Å². The second-order valence-corrected chi connectivity index (χ2v) is 2.89. The zero-order valence-corrected chi connectivity index (χ0v) is 7.60. The number of hydrogen-bond acceptors (Lipinski definition) is 3. The lowest BCUT2D eigenvalue weighted by atomic mass is 10.2. The van der Waals surface area contributed by atoms with Crippen molar-refractivity contribution in [3.8, 4) is 6.07 Å². The van der Waals surface area contributed by atoms with E-state index in [2.05, 4.69) is 10.2 Å². The molecule has 0 radical (unpaired) electrons. The molecular formula is C7H5Cl2N3. The van der Waals surface area contributed by atoms with Gasteiger partial charge in [0.25, 0.3) is 0 Å². The first-order valence-corrected chi connectivity index (χ1v) is 4.04. The van der Waals surface area contributed by atoms with Gasteiger partial charge in [0, 0.05) is 6.42 Å². The SMILES string of the molecule is N#CCCc1cc(Cl)nnc1Cl. The van der Waals surface area contributed by atoms with E-state index in [9.17, 15) is 0 Å². The van der Waals surface area contributed by atoms with Crippen molar-refractivity contribution in [2.24, 2.45) is 0 Å². The van der Waals surface area contributed by atoms with E-state index in [-0.39, 0.29) is 0 Å². The molecule has 5 heteroatoms. The minimum Gasteiger partial charge on any atom is -0.198 e. The summed E-state index contributed by atoms with van der Waals surface area (Å²) in [7, 11) is 0. The molecule has 0 aromatic carbocycles. The molecule has 0 saturated heterocycles.